The van der Waals surface area contributed by atoms with E-state index >= 15 is 0 Å². The van der Waals surface area contributed by atoms with Crippen molar-refractivity contribution in [3.63, 3.8) is 0 Å². The minimum Gasteiger partial charge on any atom is -0.330 e. The fourth-order valence-electron chi connectivity index (χ4n) is 1.65. The van der Waals surface area contributed by atoms with Crippen LogP contribution in [0.2, 0.25) is 0 Å². The van der Waals surface area contributed by atoms with Crippen molar-refractivity contribution in [1.29, 1.82) is 0 Å². The van der Waals surface area contributed by atoms with Gasteiger partial charge in [0, 0.05) is 0 Å². The zero-order valence-electron chi connectivity index (χ0n) is 8.39. The molecule has 74 valence electrons. The van der Waals surface area contributed by atoms with E-state index in [1.54, 1.807) is 0 Å². The Bertz CT molecular complexity index is 75.9. The minimum absolute atomic E-state index is 0.836. The molecule has 0 saturated heterocycles. The Balaban J connectivity index is 3.40. The summed E-state index contributed by atoms with van der Waals surface area (Å²) in [4.78, 5) is 0. The molecule has 0 unspecified atom stereocenters. The molecule has 0 aromatic carbocycles. The summed E-state index contributed by atoms with van der Waals surface area (Å²) in [6.07, 6.45) is 7.58. The summed E-state index contributed by atoms with van der Waals surface area (Å²) >= 11 is 0. The predicted molar refractivity (Wildman–Crippen MR) is 55.0 cm³/mol. The second-order valence-corrected chi connectivity index (χ2v) is 3.52. The van der Waals surface area contributed by atoms with E-state index in [2.05, 4.69) is 6.92 Å². The highest BCUT2D eigenvalue weighted by Crippen LogP contribution is 2.18. The number of rotatable bonds is 8. The Labute approximate surface area is 76.7 Å². The standard InChI is InChI=1S/C10H24N2/c1-2-5-10(6-3-8-11)7-4-9-12/h10H,2-9,11-12H2,1H3. The highest BCUT2D eigenvalue weighted by molar-refractivity contribution is 4.60. The molecule has 0 aliphatic carbocycles. The maximum Gasteiger partial charge on any atom is -0.00772 e. The molecule has 0 amide bonds. The highest BCUT2D eigenvalue weighted by atomic mass is 14.5. The second-order valence-electron chi connectivity index (χ2n) is 3.52. The Morgan fingerprint density at radius 3 is 1.75 bits per heavy atom. The molecule has 0 aromatic rings. The second kappa shape index (κ2) is 9.01. The molecule has 4 N–H and O–H groups in total. The Morgan fingerprint density at radius 1 is 0.917 bits per heavy atom. The molecule has 0 aliphatic rings. The van der Waals surface area contributed by atoms with Gasteiger partial charge in [-0.3, -0.25) is 0 Å². The lowest BCUT2D eigenvalue weighted by Crippen LogP contribution is -2.08. The van der Waals surface area contributed by atoms with Crippen LogP contribution in [0.3, 0.4) is 0 Å². The average molecular weight is 172 g/mol. The zero-order chi connectivity index (χ0) is 9.23. The van der Waals surface area contributed by atoms with Crippen molar-refractivity contribution in [2.75, 3.05) is 13.1 Å². The van der Waals surface area contributed by atoms with Crippen molar-refractivity contribution < 1.29 is 0 Å². The van der Waals surface area contributed by atoms with Crippen LogP contribution in [-0.4, -0.2) is 13.1 Å². The smallest absolute Gasteiger partial charge is 0.00772 e. The summed E-state index contributed by atoms with van der Waals surface area (Å²) < 4.78 is 0. The molecule has 0 heterocycles. The van der Waals surface area contributed by atoms with Gasteiger partial charge >= 0.3 is 0 Å². The molecule has 0 aromatic heterocycles. The Morgan fingerprint density at radius 2 is 1.42 bits per heavy atom. The lowest BCUT2D eigenvalue weighted by atomic mass is 9.93. The maximum atomic E-state index is 5.48. The number of nitrogens with two attached hydrogens (primary N) is 2. The summed E-state index contributed by atoms with van der Waals surface area (Å²) in [7, 11) is 0. The number of hydrogen-bond donors (Lipinski definition) is 2. The van der Waals surface area contributed by atoms with Crippen molar-refractivity contribution in [1.82, 2.24) is 0 Å². The molecule has 0 fully saturated rings. The van der Waals surface area contributed by atoms with Crippen LogP contribution in [0.4, 0.5) is 0 Å². The van der Waals surface area contributed by atoms with Gasteiger partial charge in [-0.25, -0.2) is 0 Å². The van der Waals surface area contributed by atoms with Gasteiger partial charge in [0.1, 0.15) is 0 Å². The van der Waals surface area contributed by atoms with Gasteiger partial charge in [0.25, 0.3) is 0 Å². The van der Waals surface area contributed by atoms with Crippen LogP contribution < -0.4 is 11.5 Å². The third kappa shape index (κ3) is 6.62. The largest absolute Gasteiger partial charge is 0.330 e. The van der Waals surface area contributed by atoms with Crippen LogP contribution in [0.1, 0.15) is 45.4 Å². The van der Waals surface area contributed by atoms with Gasteiger partial charge in [-0.05, 0) is 44.7 Å². The van der Waals surface area contributed by atoms with Crippen LogP contribution in [0.25, 0.3) is 0 Å². The highest BCUT2D eigenvalue weighted by Gasteiger charge is 2.05. The van der Waals surface area contributed by atoms with Gasteiger partial charge in [-0.2, -0.15) is 0 Å². The molecule has 0 bridgehead atoms. The first kappa shape index (κ1) is 11.9. The van der Waals surface area contributed by atoms with Gasteiger partial charge in [-0.15, -0.1) is 0 Å². The van der Waals surface area contributed by atoms with Crippen LogP contribution in [0.5, 0.6) is 0 Å². The number of hydrogen-bond acceptors (Lipinski definition) is 2. The van der Waals surface area contributed by atoms with E-state index in [0.717, 1.165) is 19.0 Å². The molecule has 0 atom stereocenters. The third-order valence-corrected chi connectivity index (χ3v) is 2.33. The van der Waals surface area contributed by atoms with Crippen molar-refractivity contribution in [3.8, 4) is 0 Å². The molecular formula is C10H24N2. The Kier molecular flexibility index (Phi) is 8.95. The zero-order valence-corrected chi connectivity index (χ0v) is 8.39. The van der Waals surface area contributed by atoms with E-state index in [0.29, 0.717) is 0 Å². The average Bonchev–Trinajstić information content (AvgIpc) is 2.10. The molecule has 0 spiro atoms. The van der Waals surface area contributed by atoms with Gasteiger partial charge in [0.2, 0.25) is 0 Å². The first-order valence-electron chi connectivity index (χ1n) is 5.25. The van der Waals surface area contributed by atoms with Gasteiger partial charge in [-0.1, -0.05) is 19.8 Å². The van der Waals surface area contributed by atoms with Crippen molar-refractivity contribution in [2.45, 2.75) is 45.4 Å². The van der Waals surface area contributed by atoms with Crippen molar-refractivity contribution in [2.24, 2.45) is 17.4 Å². The monoisotopic (exact) mass is 172 g/mol. The van der Waals surface area contributed by atoms with Crippen LogP contribution >= 0.6 is 0 Å². The quantitative estimate of drug-likeness (QED) is 0.587. The fraction of sp³-hybridized carbons (Fsp3) is 1.00. The van der Waals surface area contributed by atoms with Gasteiger partial charge < -0.3 is 11.5 Å². The van der Waals surface area contributed by atoms with Crippen LogP contribution in [-0.2, 0) is 0 Å². The lowest BCUT2D eigenvalue weighted by molar-refractivity contribution is 0.398. The molecule has 12 heavy (non-hydrogen) atoms. The maximum absolute atomic E-state index is 5.48. The summed E-state index contributed by atoms with van der Waals surface area (Å²) in [5.74, 6) is 0.877. The minimum atomic E-state index is 0.836. The first-order valence-corrected chi connectivity index (χ1v) is 5.25. The van der Waals surface area contributed by atoms with E-state index in [4.69, 9.17) is 11.5 Å². The summed E-state index contributed by atoms with van der Waals surface area (Å²) in [5.41, 5.74) is 11.0. The lowest BCUT2D eigenvalue weighted by Gasteiger charge is -2.14. The molecule has 0 aliphatic heterocycles. The third-order valence-electron chi connectivity index (χ3n) is 2.33. The summed E-state index contributed by atoms with van der Waals surface area (Å²) in [6, 6.07) is 0. The van der Waals surface area contributed by atoms with Crippen molar-refractivity contribution in [3.05, 3.63) is 0 Å². The molecule has 0 saturated carbocycles. The van der Waals surface area contributed by atoms with Crippen LogP contribution in [0, 0.1) is 5.92 Å². The summed E-state index contributed by atoms with van der Waals surface area (Å²) in [5, 5.41) is 0. The fourth-order valence-corrected chi connectivity index (χ4v) is 1.65. The molecular weight excluding hydrogens is 148 g/mol. The van der Waals surface area contributed by atoms with E-state index in [9.17, 15) is 0 Å². The topological polar surface area (TPSA) is 52.0 Å². The van der Waals surface area contributed by atoms with Crippen molar-refractivity contribution >= 4 is 0 Å². The molecule has 0 rings (SSSR count). The van der Waals surface area contributed by atoms with Crippen LogP contribution in [0.15, 0.2) is 0 Å². The first-order chi connectivity index (χ1) is 5.85. The molecule has 2 heteroatoms. The Hall–Kier alpha value is -0.0800. The normalized spacial score (nSPS) is 11.0. The van der Waals surface area contributed by atoms with Gasteiger partial charge in [0.05, 0.1) is 0 Å². The van der Waals surface area contributed by atoms with E-state index < -0.39 is 0 Å². The van der Waals surface area contributed by atoms with E-state index in [1.165, 1.54) is 38.5 Å². The molecule has 2 nitrogen and oxygen atoms in total. The molecule has 0 radical (unpaired) electrons. The summed E-state index contributed by atoms with van der Waals surface area (Å²) in [6.45, 7) is 3.92. The van der Waals surface area contributed by atoms with E-state index in [1.807, 2.05) is 0 Å². The van der Waals surface area contributed by atoms with Gasteiger partial charge in [0.15, 0.2) is 0 Å². The SMILES string of the molecule is CCCC(CCCN)CCCN. The van der Waals surface area contributed by atoms with E-state index in [-0.39, 0.29) is 0 Å². The predicted octanol–water partition coefficient (Wildman–Crippen LogP) is 1.88.